The van der Waals surface area contributed by atoms with Crippen LogP contribution in [0.2, 0.25) is 0 Å². The van der Waals surface area contributed by atoms with Gasteiger partial charge in [0, 0.05) is 23.9 Å². The minimum absolute atomic E-state index is 0.0885. The fraction of sp³-hybridized carbons (Fsp3) is 0.308. The molecule has 2 fully saturated rings. The number of anilines is 1. The van der Waals surface area contributed by atoms with Crippen molar-refractivity contribution in [3.8, 4) is 5.75 Å². The summed E-state index contributed by atoms with van der Waals surface area (Å²) in [5.74, 6) is -2.54. The van der Waals surface area contributed by atoms with E-state index in [4.69, 9.17) is 4.74 Å². The van der Waals surface area contributed by atoms with Crippen molar-refractivity contribution in [1.82, 2.24) is 5.01 Å². The van der Waals surface area contributed by atoms with Crippen LogP contribution in [0.3, 0.4) is 0 Å². The molecule has 184 valence electrons. The number of ether oxygens (including phenoxy) is 1. The number of nitro benzene ring substituents is 1. The van der Waals surface area contributed by atoms with Gasteiger partial charge < -0.3 is 4.74 Å². The summed E-state index contributed by atoms with van der Waals surface area (Å²) in [4.78, 5) is 52.6. The van der Waals surface area contributed by atoms with Gasteiger partial charge in [-0.2, -0.15) is 5.10 Å². The Labute approximate surface area is 207 Å². The molecule has 2 aromatic rings. The van der Waals surface area contributed by atoms with Crippen LogP contribution < -0.4 is 9.64 Å². The highest BCUT2D eigenvalue weighted by Crippen LogP contribution is 2.46. The van der Waals surface area contributed by atoms with E-state index in [-0.39, 0.29) is 11.3 Å². The number of non-ortho nitro benzene ring substituents is 1. The van der Waals surface area contributed by atoms with Crippen molar-refractivity contribution in [3.63, 3.8) is 0 Å². The molecule has 3 aliphatic rings. The molecule has 0 aromatic heterocycles. The van der Waals surface area contributed by atoms with Gasteiger partial charge in [0.1, 0.15) is 11.8 Å². The molecule has 3 heterocycles. The number of carbonyl (C=O) groups is 3. The van der Waals surface area contributed by atoms with Gasteiger partial charge in [-0.25, -0.2) is 4.90 Å². The fourth-order valence-corrected chi connectivity index (χ4v) is 5.06. The summed E-state index contributed by atoms with van der Waals surface area (Å²) in [7, 11) is 0. The van der Waals surface area contributed by atoms with Crippen LogP contribution >= 0.6 is 0 Å². The number of unbranched alkanes of at least 4 members (excludes halogenated alkanes) is 1. The number of hydrazone groups is 1. The third kappa shape index (κ3) is 3.84. The maximum Gasteiger partial charge on any atom is 0.270 e. The Bertz CT molecular complexity index is 1290. The molecule has 0 spiro atoms. The van der Waals surface area contributed by atoms with Gasteiger partial charge in [0.15, 0.2) is 5.78 Å². The van der Waals surface area contributed by atoms with Crippen LogP contribution in [0.5, 0.6) is 5.75 Å². The number of carbonyl (C=O) groups excluding carboxylic acids is 3. The number of nitro groups is 1. The smallest absolute Gasteiger partial charge is 0.270 e. The van der Waals surface area contributed by atoms with Gasteiger partial charge in [-0.3, -0.25) is 29.5 Å². The number of rotatable bonds is 8. The van der Waals surface area contributed by atoms with Crippen molar-refractivity contribution in [1.29, 1.82) is 0 Å². The topological polar surface area (TPSA) is 122 Å². The third-order valence-electron chi connectivity index (χ3n) is 6.76. The molecule has 0 saturated carbocycles. The summed E-state index contributed by atoms with van der Waals surface area (Å²) in [6.07, 6.45) is 6.86. The number of benzene rings is 2. The number of nitrogens with zero attached hydrogens (tertiary/aromatic N) is 4. The molecule has 2 aromatic carbocycles. The standard InChI is InChI=1S/C26H24N4O6/c1-2-3-14-36-19-11-9-17(10-12-19)28-25(32)21-20-8-5-13-27-29(20)23(22(21)26(28)33)24(31)16-6-4-7-18(15-16)30(34)35/h4-13,15,20-23H,2-3,14H2,1H3/t20-,21-,22-,23+/m0/s1. The second kappa shape index (κ2) is 9.37. The molecule has 0 aliphatic carbocycles. The first kappa shape index (κ1) is 23.4. The van der Waals surface area contributed by atoms with Crippen LogP contribution in [0.1, 0.15) is 30.1 Å². The van der Waals surface area contributed by atoms with E-state index in [1.807, 2.05) is 0 Å². The Morgan fingerprint density at radius 2 is 1.86 bits per heavy atom. The van der Waals surface area contributed by atoms with E-state index < -0.39 is 46.4 Å². The van der Waals surface area contributed by atoms with E-state index >= 15 is 0 Å². The van der Waals surface area contributed by atoms with Gasteiger partial charge in [0.25, 0.3) is 5.69 Å². The van der Waals surface area contributed by atoms with Gasteiger partial charge in [0.05, 0.1) is 35.1 Å². The number of allylic oxidation sites excluding steroid dienone is 1. The summed E-state index contributed by atoms with van der Waals surface area (Å²) in [5.41, 5.74) is 0.259. The maximum atomic E-state index is 13.7. The number of hydrogen-bond acceptors (Lipinski definition) is 8. The molecule has 10 heteroatoms. The van der Waals surface area contributed by atoms with E-state index in [1.165, 1.54) is 35.5 Å². The minimum Gasteiger partial charge on any atom is -0.494 e. The minimum atomic E-state index is -1.07. The van der Waals surface area contributed by atoms with E-state index in [0.29, 0.717) is 18.0 Å². The first-order chi connectivity index (χ1) is 17.4. The molecule has 0 bridgehead atoms. The highest BCUT2D eigenvalue weighted by Gasteiger charge is 2.64. The molecule has 2 amide bonds. The van der Waals surface area contributed by atoms with E-state index in [1.54, 1.807) is 36.4 Å². The quantitative estimate of drug-likeness (QED) is 0.184. The number of Topliss-reactive ketones (excluding diaryl/α,β-unsaturated/α-hetero) is 1. The Hall–Kier alpha value is -4.34. The zero-order chi connectivity index (χ0) is 25.4. The van der Waals surface area contributed by atoms with Gasteiger partial charge in [0.2, 0.25) is 11.8 Å². The Balaban J connectivity index is 1.47. The average molecular weight is 489 g/mol. The Morgan fingerprint density at radius 1 is 1.11 bits per heavy atom. The molecular weight excluding hydrogens is 464 g/mol. The SMILES string of the molecule is CCCCOc1ccc(N2C(=O)[C@@H]3[C@H](C2=O)[C@H](C(=O)c2cccc([N+](=O)[O-])c2)N2N=CC=C[C@@H]32)cc1. The molecule has 2 saturated heterocycles. The second-order valence-corrected chi connectivity index (χ2v) is 8.90. The predicted molar refractivity (Wildman–Crippen MR) is 131 cm³/mol. The molecule has 0 radical (unpaired) electrons. The van der Waals surface area contributed by atoms with Crippen LogP contribution in [0.4, 0.5) is 11.4 Å². The van der Waals surface area contributed by atoms with Crippen molar-refractivity contribution in [3.05, 3.63) is 76.4 Å². The van der Waals surface area contributed by atoms with Crippen LogP contribution in [-0.4, -0.2) is 52.4 Å². The van der Waals surface area contributed by atoms with E-state index in [0.717, 1.165) is 17.7 Å². The second-order valence-electron chi connectivity index (χ2n) is 8.90. The van der Waals surface area contributed by atoms with Crippen molar-refractivity contribution in [2.24, 2.45) is 16.9 Å². The first-order valence-electron chi connectivity index (χ1n) is 11.8. The lowest BCUT2D eigenvalue weighted by Gasteiger charge is -2.30. The summed E-state index contributed by atoms with van der Waals surface area (Å²) in [5, 5.41) is 17.0. The van der Waals surface area contributed by atoms with Crippen molar-refractivity contribution in [2.45, 2.75) is 31.8 Å². The lowest BCUT2D eigenvalue weighted by atomic mass is 9.86. The van der Waals surface area contributed by atoms with Crippen molar-refractivity contribution in [2.75, 3.05) is 11.5 Å². The zero-order valence-corrected chi connectivity index (χ0v) is 19.5. The van der Waals surface area contributed by atoms with Gasteiger partial charge in [-0.15, -0.1) is 0 Å². The zero-order valence-electron chi connectivity index (χ0n) is 19.5. The van der Waals surface area contributed by atoms with E-state index in [9.17, 15) is 24.5 Å². The Morgan fingerprint density at radius 3 is 2.58 bits per heavy atom. The Kier molecular flexibility index (Phi) is 6.09. The van der Waals surface area contributed by atoms with Crippen molar-refractivity contribution < 1.29 is 24.0 Å². The molecule has 36 heavy (non-hydrogen) atoms. The first-order valence-corrected chi connectivity index (χ1v) is 11.8. The molecule has 3 aliphatic heterocycles. The lowest BCUT2D eigenvalue weighted by Crippen LogP contribution is -2.46. The molecule has 0 N–H and O–H groups in total. The van der Waals surface area contributed by atoms with Gasteiger partial charge in [-0.05, 0) is 36.8 Å². The molecule has 4 atom stereocenters. The van der Waals surface area contributed by atoms with Gasteiger partial charge in [-0.1, -0.05) is 31.6 Å². The lowest BCUT2D eigenvalue weighted by molar-refractivity contribution is -0.384. The summed E-state index contributed by atoms with van der Waals surface area (Å²) >= 11 is 0. The summed E-state index contributed by atoms with van der Waals surface area (Å²) in [6, 6.07) is 10.5. The van der Waals surface area contributed by atoms with Crippen LogP contribution in [0.15, 0.2) is 65.8 Å². The number of fused-ring (bicyclic) bond motifs is 3. The number of amides is 2. The molecule has 5 rings (SSSR count). The van der Waals surface area contributed by atoms with Crippen molar-refractivity contribution >= 4 is 35.2 Å². The van der Waals surface area contributed by atoms with Gasteiger partial charge >= 0.3 is 0 Å². The largest absolute Gasteiger partial charge is 0.494 e. The summed E-state index contributed by atoms with van der Waals surface area (Å²) in [6.45, 7) is 2.65. The number of hydrogen-bond donors (Lipinski definition) is 0. The maximum absolute atomic E-state index is 13.7. The number of ketones is 1. The van der Waals surface area contributed by atoms with E-state index in [2.05, 4.69) is 12.0 Å². The number of imide groups is 1. The highest BCUT2D eigenvalue weighted by molar-refractivity contribution is 6.24. The monoisotopic (exact) mass is 488 g/mol. The van der Waals surface area contributed by atoms with Crippen LogP contribution in [0.25, 0.3) is 0 Å². The third-order valence-corrected chi connectivity index (χ3v) is 6.76. The molecular formula is C26H24N4O6. The summed E-state index contributed by atoms with van der Waals surface area (Å²) < 4.78 is 5.67. The molecule has 0 unspecified atom stereocenters. The average Bonchev–Trinajstić information content (AvgIpc) is 3.36. The highest BCUT2D eigenvalue weighted by atomic mass is 16.6. The fourth-order valence-electron chi connectivity index (χ4n) is 5.06. The van der Waals surface area contributed by atoms with Crippen LogP contribution in [0, 0.1) is 22.0 Å². The van der Waals surface area contributed by atoms with Crippen LogP contribution in [-0.2, 0) is 9.59 Å². The normalized spacial score (nSPS) is 24.1. The molecule has 10 nitrogen and oxygen atoms in total. The predicted octanol–water partition coefficient (Wildman–Crippen LogP) is 3.37.